The zero-order chi connectivity index (χ0) is 20.3. The molecule has 0 aliphatic heterocycles. The van der Waals surface area contributed by atoms with Gasteiger partial charge in [-0.2, -0.15) is 0 Å². The molecule has 0 fully saturated rings. The lowest BCUT2D eigenvalue weighted by atomic mass is 10.1. The van der Waals surface area contributed by atoms with Crippen molar-refractivity contribution in [2.75, 3.05) is 0 Å². The molecule has 0 saturated carbocycles. The SMILES string of the molecule is Cc1ccc(CNCc2c(C(=O)O)c(C)n(Cc3ccccc3Cl)c2C)cc1. The van der Waals surface area contributed by atoms with Crippen LogP contribution >= 0.6 is 11.6 Å². The molecule has 5 heteroatoms. The largest absolute Gasteiger partial charge is 0.478 e. The second kappa shape index (κ2) is 8.63. The number of hydrogen-bond acceptors (Lipinski definition) is 2. The van der Waals surface area contributed by atoms with Gasteiger partial charge < -0.3 is 15.0 Å². The third kappa shape index (κ3) is 4.29. The van der Waals surface area contributed by atoms with E-state index in [9.17, 15) is 9.90 Å². The van der Waals surface area contributed by atoms with Gasteiger partial charge in [-0.3, -0.25) is 0 Å². The molecule has 1 aromatic heterocycles. The van der Waals surface area contributed by atoms with Crippen molar-refractivity contribution >= 4 is 17.6 Å². The molecule has 0 bridgehead atoms. The third-order valence-corrected chi connectivity index (χ3v) is 5.53. The summed E-state index contributed by atoms with van der Waals surface area (Å²) in [6.07, 6.45) is 0. The number of carboxylic acid groups (broad SMARTS) is 1. The Balaban J connectivity index is 1.84. The Hall–Kier alpha value is -2.56. The van der Waals surface area contributed by atoms with Gasteiger partial charge in [-0.25, -0.2) is 4.79 Å². The van der Waals surface area contributed by atoms with Crippen LogP contribution in [0.4, 0.5) is 0 Å². The van der Waals surface area contributed by atoms with Crippen molar-refractivity contribution in [3.63, 3.8) is 0 Å². The number of aromatic nitrogens is 1. The third-order valence-electron chi connectivity index (χ3n) is 5.16. The van der Waals surface area contributed by atoms with E-state index in [4.69, 9.17) is 11.6 Å². The second-order valence-electron chi connectivity index (χ2n) is 7.10. The molecular formula is C23H25ClN2O2. The van der Waals surface area contributed by atoms with Crippen LogP contribution in [0.3, 0.4) is 0 Å². The maximum absolute atomic E-state index is 11.9. The number of carboxylic acids is 1. The zero-order valence-electron chi connectivity index (χ0n) is 16.4. The fourth-order valence-corrected chi connectivity index (χ4v) is 3.72. The summed E-state index contributed by atoms with van der Waals surface area (Å²) in [6, 6.07) is 16.0. The van der Waals surface area contributed by atoms with Crippen molar-refractivity contribution in [3.8, 4) is 0 Å². The summed E-state index contributed by atoms with van der Waals surface area (Å²) in [5.41, 5.74) is 6.27. The van der Waals surface area contributed by atoms with Crippen molar-refractivity contribution in [1.29, 1.82) is 0 Å². The van der Waals surface area contributed by atoms with Crippen LogP contribution in [0.25, 0.3) is 0 Å². The number of hydrogen-bond donors (Lipinski definition) is 2. The van der Waals surface area contributed by atoms with Crippen LogP contribution in [0.1, 0.15) is 44.0 Å². The Morgan fingerprint density at radius 1 is 1.00 bits per heavy atom. The van der Waals surface area contributed by atoms with E-state index in [1.807, 2.05) is 42.7 Å². The molecule has 146 valence electrons. The van der Waals surface area contributed by atoms with E-state index in [1.54, 1.807) is 0 Å². The van der Waals surface area contributed by atoms with E-state index < -0.39 is 5.97 Å². The van der Waals surface area contributed by atoms with Crippen LogP contribution in [-0.4, -0.2) is 15.6 Å². The van der Waals surface area contributed by atoms with E-state index in [0.29, 0.717) is 30.2 Å². The van der Waals surface area contributed by atoms with Gasteiger partial charge in [0.15, 0.2) is 0 Å². The van der Waals surface area contributed by atoms with Gasteiger partial charge in [0.05, 0.1) is 5.56 Å². The number of nitrogens with one attached hydrogen (secondary N) is 1. The molecule has 0 atom stereocenters. The van der Waals surface area contributed by atoms with Crippen molar-refractivity contribution in [1.82, 2.24) is 9.88 Å². The van der Waals surface area contributed by atoms with Crippen molar-refractivity contribution in [2.45, 2.75) is 40.4 Å². The van der Waals surface area contributed by atoms with Gasteiger partial charge in [0.2, 0.25) is 0 Å². The van der Waals surface area contributed by atoms with Gasteiger partial charge in [-0.05, 0) is 38.0 Å². The number of aromatic carboxylic acids is 1. The number of halogens is 1. The molecule has 0 saturated heterocycles. The number of aryl methyl sites for hydroxylation is 1. The molecular weight excluding hydrogens is 372 g/mol. The minimum atomic E-state index is -0.898. The van der Waals surface area contributed by atoms with E-state index in [-0.39, 0.29) is 0 Å². The molecule has 0 amide bonds. The fourth-order valence-electron chi connectivity index (χ4n) is 3.52. The number of carbonyl (C=O) groups is 1. The number of rotatable bonds is 7. The van der Waals surface area contributed by atoms with E-state index in [2.05, 4.69) is 36.5 Å². The Morgan fingerprint density at radius 2 is 1.68 bits per heavy atom. The summed E-state index contributed by atoms with van der Waals surface area (Å²) in [5, 5.41) is 13.9. The van der Waals surface area contributed by atoms with Gasteiger partial charge in [0, 0.05) is 41.6 Å². The first-order chi connectivity index (χ1) is 13.4. The molecule has 0 spiro atoms. The molecule has 3 rings (SSSR count). The van der Waals surface area contributed by atoms with Gasteiger partial charge in [0.1, 0.15) is 0 Å². The smallest absolute Gasteiger partial charge is 0.337 e. The lowest BCUT2D eigenvalue weighted by Gasteiger charge is -2.11. The molecule has 2 N–H and O–H groups in total. The Morgan fingerprint density at radius 3 is 2.32 bits per heavy atom. The van der Waals surface area contributed by atoms with Crippen LogP contribution < -0.4 is 5.32 Å². The molecule has 2 aromatic carbocycles. The average molecular weight is 397 g/mol. The van der Waals surface area contributed by atoms with Crippen molar-refractivity contribution in [3.05, 3.63) is 92.8 Å². The summed E-state index contributed by atoms with van der Waals surface area (Å²) in [5.74, 6) is -0.898. The van der Waals surface area contributed by atoms with Crippen LogP contribution in [-0.2, 0) is 19.6 Å². The van der Waals surface area contributed by atoms with Gasteiger partial charge in [-0.15, -0.1) is 0 Å². The quantitative estimate of drug-likeness (QED) is 0.584. The first-order valence-corrected chi connectivity index (χ1v) is 9.67. The molecule has 0 aliphatic carbocycles. The zero-order valence-corrected chi connectivity index (χ0v) is 17.2. The summed E-state index contributed by atoms with van der Waals surface area (Å²) >= 11 is 6.31. The van der Waals surface area contributed by atoms with E-state index >= 15 is 0 Å². The lowest BCUT2D eigenvalue weighted by molar-refractivity contribution is 0.0694. The molecule has 0 unspecified atom stereocenters. The lowest BCUT2D eigenvalue weighted by Crippen LogP contribution is -2.15. The highest BCUT2D eigenvalue weighted by atomic mass is 35.5. The highest BCUT2D eigenvalue weighted by Gasteiger charge is 2.22. The second-order valence-corrected chi connectivity index (χ2v) is 7.50. The van der Waals surface area contributed by atoms with Gasteiger partial charge in [0.25, 0.3) is 0 Å². The number of nitrogens with zero attached hydrogens (tertiary/aromatic N) is 1. The van der Waals surface area contributed by atoms with Crippen LogP contribution in [0.5, 0.6) is 0 Å². The van der Waals surface area contributed by atoms with Crippen LogP contribution in [0.2, 0.25) is 5.02 Å². The topological polar surface area (TPSA) is 54.3 Å². The van der Waals surface area contributed by atoms with Gasteiger partial charge >= 0.3 is 5.97 Å². The fraction of sp³-hybridized carbons (Fsp3) is 0.261. The van der Waals surface area contributed by atoms with E-state index in [1.165, 1.54) is 11.1 Å². The average Bonchev–Trinajstić information content (AvgIpc) is 2.89. The summed E-state index contributed by atoms with van der Waals surface area (Å²) in [7, 11) is 0. The standard InChI is InChI=1S/C23H25ClN2O2/c1-15-8-10-18(11-9-15)12-25-13-20-16(2)26(17(3)22(20)23(27)28)14-19-6-4-5-7-21(19)24/h4-11,25H,12-14H2,1-3H3,(H,27,28). The Bertz CT molecular complexity index is 991. The van der Waals surface area contributed by atoms with Crippen LogP contribution in [0, 0.1) is 20.8 Å². The summed E-state index contributed by atoms with van der Waals surface area (Å²) in [4.78, 5) is 11.9. The van der Waals surface area contributed by atoms with Gasteiger partial charge in [-0.1, -0.05) is 59.6 Å². The molecule has 3 aromatic rings. The Labute approximate surface area is 170 Å². The number of benzene rings is 2. The minimum absolute atomic E-state index is 0.376. The predicted molar refractivity (Wildman–Crippen MR) is 113 cm³/mol. The Kier molecular flexibility index (Phi) is 6.22. The first kappa shape index (κ1) is 20.2. The predicted octanol–water partition coefficient (Wildman–Crippen LogP) is 5.10. The monoisotopic (exact) mass is 396 g/mol. The highest BCUT2D eigenvalue weighted by Crippen LogP contribution is 2.26. The van der Waals surface area contributed by atoms with Crippen molar-refractivity contribution in [2.24, 2.45) is 0 Å². The highest BCUT2D eigenvalue weighted by molar-refractivity contribution is 6.31. The molecule has 28 heavy (non-hydrogen) atoms. The molecule has 0 aliphatic rings. The minimum Gasteiger partial charge on any atom is -0.478 e. The van der Waals surface area contributed by atoms with Crippen molar-refractivity contribution < 1.29 is 9.90 Å². The molecule has 1 heterocycles. The first-order valence-electron chi connectivity index (χ1n) is 9.30. The maximum atomic E-state index is 11.9. The molecule has 0 radical (unpaired) electrons. The summed E-state index contributed by atoms with van der Waals surface area (Å²) < 4.78 is 2.04. The normalized spacial score (nSPS) is 11.0. The maximum Gasteiger partial charge on any atom is 0.337 e. The van der Waals surface area contributed by atoms with E-state index in [0.717, 1.165) is 22.5 Å². The van der Waals surface area contributed by atoms with Crippen LogP contribution in [0.15, 0.2) is 48.5 Å². The molecule has 4 nitrogen and oxygen atoms in total. The summed E-state index contributed by atoms with van der Waals surface area (Å²) in [6.45, 7) is 7.63.